The molecule has 0 spiro atoms. The van der Waals surface area contributed by atoms with Gasteiger partial charge in [-0.2, -0.15) is 0 Å². The lowest BCUT2D eigenvalue weighted by Crippen LogP contribution is -2.35. The molecule has 0 aromatic heterocycles. The molecule has 1 aromatic rings. The first-order chi connectivity index (χ1) is 9.27. The maximum absolute atomic E-state index is 11.6. The smallest absolute Gasteiger partial charge is 0.238 e. The van der Waals surface area contributed by atoms with Crippen molar-refractivity contribution < 1.29 is 13.2 Å². The van der Waals surface area contributed by atoms with Gasteiger partial charge in [-0.1, -0.05) is 0 Å². The summed E-state index contributed by atoms with van der Waals surface area (Å²) in [7, 11) is -1.73. The second-order valence-electron chi connectivity index (χ2n) is 5.31. The maximum atomic E-state index is 11.6. The summed E-state index contributed by atoms with van der Waals surface area (Å²) >= 11 is 0. The zero-order chi connectivity index (χ0) is 14.9. The number of ether oxygens (including phenoxy) is 1. The molecule has 4 N–H and O–H groups in total. The van der Waals surface area contributed by atoms with Crippen LogP contribution in [0.25, 0.3) is 0 Å². The number of sulfonamides is 1. The number of primary sulfonamides is 1. The average Bonchev–Trinajstić information content (AvgIpc) is 2.35. The lowest BCUT2D eigenvalue weighted by molar-refractivity contribution is 0.113. The molecule has 1 aliphatic rings. The second-order valence-corrected chi connectivity index (χ2v) is 6.84. The Hall–Kier alpha value is -1.31. The van der Waals surface area contributed by atoms with Gasteiger partial charge in [0.1, 0.15) is 11.9 Å². The summed E-state index contributed by atoms with van der Waals surface area (Å²) in [6.07, 6.45) is 1.91. The number of rotatable bonds is 3. The van der Waals surface area contributed by atoms with E-state index in [1.54, 1.807) is 13.0 Å². The predicted octanol–water partition coefficient (Wildman–Crippen LogP) is 0.698. The van der Waals surface area contributed by atoms with E-state index in [1.807, 2.05) is 0 Å². The van der Waals surface area contributed by atoms with Crippen molar-refractivity contribution in [2.75, 3.05) is 25.9 Å². The zero-order valence-electron chi connectivity index (χ0n) is 11.8. The molecule has 0 atom stereocenters. The Balaban J connectivity index is 2.26. The summed E-state index contributed by atoms with van der Waals surface area (Å²) < 4.78 is 29.0. The molecule has 1 saturated heterocycles. The Kier molecular flexibility index (Phi) is 4.22. The standard InChI is InChI=1S/C13H21N3O3S/c1-9-12(19-11-3-5-16(2)6-4-11)7-10(14)8-13(9)20(15,17)18/h7-8,11H,3-6,14H2,1-2H3,(H2,15,17,18). The van der Waals surface area contributed by atoms with Gasteiger partial charge in [0.2, 0.25) is 10.0 Å². The quantitative estimate of drug-likeness (QED) is 0.800. The third-order valence-electron chi connectivity index (χ3n) is 3.60. The van der Waals surface area contributed by atoms with Gasteiger partial charge >= 0.3 is 0 Å². The van der Waals surface area contributed by atoms with Gasteiger partial charge in [0.25, 0.3) is 0 Å². The monoisotopic (exact) mass is 299 g/mol. The SMILES string of the molecule is Cc1c(OC2CCN(C)CC2)cc(N)cc1S(N)(=O)=O. The molecule has 0 amide bonds. The van der Waals surface area contributed by atoms with Crippen molar-refractivity contribution in [1.29, 1.82) is 0 Å². The summed E-state index contributed by atoms with van der Waals surface area (Å²) in [6, 6.07) is 3.02. The highest BCUT2D eigenvalue weighted by atomic mass is 32.2. The van der Waals surface area contributed by atoms with Crippen LogP contribution < -0.4 is 15.6 Å². The number of benzene rings is 1. The Labute approximate surface area is 119 Å². The summed E-state index contributed by atoms with van der Waals surface area (Å²) in [4.78, 5) is 2.27. The van der Waals surface area contributed by atoms with E-state index in [-0.39, 0.29) is 11.0 Å². The number of nitrogens with zero attached hydrogens (tertiary/aromatic N) is 1. The van der Waals surface area contributed by atoms with Crippen LogP contribution in [0.4, 0.5) is 5.69 Å². The number of hydrogen-bond acceptors (Lipinski definition) is 5. The third-order valence-corrected chi connectivity index (χ3v) is 4.64. The lowest BCUT2D eigenvalue weighted by Gasteiger charge is -2.30. The van der Waals surface area contributed by atoms with Gasteiger partial charge in [-0.25, -0.2) is 13.6 Å². The Morgan fingerprint density at radius 1 is 1.30 bits per heavy atom. The van der Waals surface area contributed by atoms with Crippen LogP contribution in [0.1, 0.15) is 18.4 Å². The fourth-order valence-electron chi connectivity index (χ4n) is 2.38. The number of likely N-dealkylation sites (tertiary alicyclic amines) is 1. The molecule has 1 aliphatic heterocycles. The summed E-state index contributed by atoms with van der Waals surface area (Å²) in [5, 5.41) is 5.20. The van der Waals surface area contributed by atoms with Gasteiger partial charge in [0, 0.05) is 30.4 Å². The van der Waals surface area contributed by atoms with E-state index in [4.69, 9.17) is 15.6 Å². The molecule has 0 unspecified atom stereocenters. The molecule has 0 aliphatic carbocycles. The molecular weight excluding hydrogens is 278 g/mol. The fraction of sp³-hybridized carbons (Fsp3) is 0.538. The first-order valence-electron chi connectivity index (χ1n) is 6.55. The first kappa shape index (κ1) is 15.1. The van der Waals surface area contributed by atoms with Gasteiger partial charge < -0.3 is 15.4 Å². The van der Waals surface area contributed by atoms with E-state index in [0.29, 0.717) is 17.0 Å². The van der Waals surface area contributed by atoms with Crippen molar-refractivity contribution in [1.82, 2.24) is 4.90 Å². The van der Waals surface area contributed by atoms with Crippen molar-refractivity contribution in [3.05, 3.63) is 17.7 Å². The topological polar surface area (TPSA) is 98.7 Å². The van der Waals surface area contributed by atoms with Crippen LogP contribution in [0, 0.1) is 6.92 Å². The molecule has 20 heavy (non-hydrogen) atoms. The van der Waals surface area contributed by atoms with E-state index < -0.39 is 10.0 Å². The highest BCUT2D eigenvalue weighted by Crippen LogP contribution is 2.30. The normalized spacial score (nSPS) is 18.1. The van der Waals surface area contributed by atoms with Crippen LogP contribution in [-0.4, -0.2) is 39.6 Å². The number of piperidine rings is 1. The molecule has 0 saturated carbocycles. The van der Waals surface area contributed by atoms with Crippen molar-refractivity contribution in [3.8, 4) is 5.75 Å². The first-order valence-corrected chi connectivity index (χ1v) is 8.10. The van der Waals surface area contributed by atoms with E-state index in [2.05, 4.69) is 11.9 Å². The Bertz CT molecular complexity index is 593. The summed E-state index contributed by atoms with van der Waals surface area (Å²) in [5.74, 6) is 0.503. The van der Waals surface area contributed by atoms with Gasteiger partial charge in [-0.15, -0.1) is 0 Å². The zero-order valence-corrected chi connectivity index (χ0v) is 12.6. The molecule has 1 aromatic carbocycles. The van der Waals surface area contributed by atoms with Crippen LogP contribution in [0.2, 0.25) is 0 Å². The van der Waals surface area contributed by atoms with Crippen molar-refractivity contribution >= 4 is 15.7 Å². The number of anilines is 1. The van der Waals surface area contributed by atoms with Gasteiger partial charge in [-0.05, 0) is 32.9 Å². The molecule has 6 nitrogen and oxygen atoms in total. The van der Waals surface area contributed by atoms with E-state index in [1.165, 1.54) is 6.07 Å². The highest BCUT2D eigenvalue weighted by molar-refractivity contribution is 7.89. The molecule has 112 valence electrons. The van der Waals surface area contributed by atoms with E-state index in [9.17, 15) is 8.42 Å². The Morgan fingerprint density at radius 2 is 1.90 bits per heavy atom. The number of nitrogens with two attached hydrogens (primary N) is 2. The van der Waals surface area contributed by atoms with Crippen LogP contribution >= 0.6 is 0 Å². The van der Waals surface area contributed by atoms with E-state index >= 15 is 0 Å². The molecule has 2 rings (SSSR count). The van der Waals surface area contributed by atoms with Crippen molar-refractivity contribution in [3.63, 3.8) is 0 Å². The number of nitrogen functional groups attached to an aromatic ring is 1. The largest absolute Gasteiger partial charge is 0.490 e. The minimum absolute atomic E-state index is 0.0282. The molecule has 1 heterocycles. The number of hydrogen-bond donors (Lipinski definition) is 2. The molecule has 0 bridgehead atoms. The second kappa shape index (κ2) is 5.59. The fourth-order valence-corrected chi connectivity index (χ4v) is 3.21. The maximum Gasteiger partial charge on any atom is 0.238 e. The van der Waals surface area contributed by atoms with E-state index in [0.717, 1.165) is 25.9 Å². The van der Waals surface area contributed by atoms with Crippen LogP contribution in [0.3, 0.4) is 0 Å². The predicted molar refractivity (Wildman–Crippen MR) is 78.1 cm³/mol. The van der Waals surface area contributed by atoms with Crippen molar-refractivity contribution in [2.24, 2.45) is 5.14 Å². The lowest BCUT2D eigenvalue weighted by atomic mass is 10.1. The van der Waals surface area contributed by atoms with Gasteiger partial charge in [0.15, 0.2) is 0 Å². The Morgan fingerprint density at radius 3 is 2.45 bits per heavy atom. The molecule has 7 heteroatoms. The van der Waals surface area contributed by atoms with Gasteiger partial charge in [0.05, 0.1) is 4.90 Å². The highest BCUT2D eigenvalue weighted by Gasteiger charge is 2.21. The minimum Gasteiger partial charge on any atom is -0.490 e. The molecular formula is C13H21N3O3S. The van der Waals surface area contributed by atoms with Crippen LogP contribution in [0.15, 0.2) is 17.0 Å². The van der Waals surface area contributed by atoms with Crippen LogP contribution in [-0.2, 0) is 10.0 Å². The summed E-state index contributed by atoms with van der Waals surface area (Å²) in [6.45, 7) is 3.62. The third kappa shape index (κ3) is 3.41. The van der Waals surface area contributed by atoms with Crippen molar-refractivity contribution in [2.45, 2.75) is 30.8 Å². The van der Waals surface area contributed by atoms with Gasteiger partial charge in [-0.3, -0.25) is 0 Å². The summed E-state index contributed by atoms with van der Waals surface area (Å²) in [5.41, 5.74) is 6.59. The molecule has 0 radical (unpaired) electrons. The van der Waals surface area contributed by atoms with Crippen LogP contribution in [0.5, 0.6) is 5.75 Å². The average molecular weight is 299 g/mol. The minimum atomic E-state index is -3.80. The molecule has 1 fully saturated rings.